The van der Waals surface area contributed by atoms with Crippen LogP contribution in [0.25, 0.3) is 0 Å². The minimum atomic E-state index is 0.00171. The number of unbranched alkanes of at least 4 members (excludes halogenated alkanes) is 9. The Bertz CT molecular complexity index is 627. The highest BCUT2D eigenvalue weighted by molar-refractivity contribution is 5.33. The molecule has 1 unspecified atom stereocenters. The molecule has 0 bridgehead atoms. The van der Waals surface area contributed by atoms with Crippen molar-refractivity contribution < 1.29 is 19.2 Å². The minimum Gasteiger partial charge on any atom is -0.211 e. The van der Waals surface area contributed by atoms with Crippen molar-refractivity contribution in [2.24, 2.45) is 31.3 Å². The largest absolute Gasteiger partial charge is 0.234 e. The van der Waals surface area contributed by atoms with Crippen molar-refractivity contribution in [1.82, 2.24) is 0 Å². The lowest BCUT2D eigenvalue weighted by molar-refractivity contribution is 0.280. The van der Waals surface area contributed by atoms with Gasteiger partial charge < -0.3 is 0 Å². The number of nitrogens with zero attached hydrogens (tertiary/aromatic N) is 4. The zero-order valence-electron chi connectivity index (χ0n) is 20.8. The normalized spacial score (nSPS) is 10.9. The van der Waals surface area contributed by atoms with Gasteiger partial charge in [0.25, 0.3) is 0 Å². The summed E-state index contributed by atoms with van der Waals surface area (Å²) in [7, 11) is 0. The maximum absolute atomic E-state index is 10.00. The number of rotatable bonds is 20. The van der Waals surface area contributed by atoms with Crippen LogP contribution < -0.4 is 0 Å². The number of hydrogen-bond donors (Lipinski definition) is 0. The summed E-state index contributed by atoms with van der Waals surface area (Å²) in [5.74, 6) is 0.457. The van der Waals surface area contributed by atoms with Gasteiger partial charge in [0.2, 0.25) is 24.3 Å². The molecular weight excluding hydrogens is 420 g/mol. The summed E-state index contributed by atoms with van der Waals surface area (Å²) in [5.41, 5.74) is 0.00171. The smallest absolute Gasteiger partial charge is 0.211 e. The highest BCUT2D eigenvalue weighted by atomic mass is 16.1. The number of carbonyl (C=O) groups excluding carboxylic acids is 4. The van der Waals surface area contributed by atoms with Crippen LogP contribution in [0.15, 0.2) is 20.0 Å². The number of aliphatic imine (C=N–C) groups is 4. The van der Waals surface area contributed by atoms with Crippen molar-refractivity contribution in [2.45, 2.75) is 97.8 Å². The molecule has 0 aromatic carbocycles. The Labute approximate surface area is 199 Å². The van der Waals surface area contributed by atoms with Gasteiger partial charge in [-0.3, -0.25) is 0 Å². The SMILES string of the molecule is CC(CCN=C=O)CC(C)(C)CN=C=O.O=C=NCCCCCCCCCCCCN=C=O. The first-order valence-corrected chi connectivity index (χ1v) is 12.1. The first kappa shape index (κ1) is 32.7. The molecule has 8 nitrogen and oxygen atoms in total. The van der Waals surface area contributed by atoms with Gasteiger partial charge in [0.05, 0.1) is 26.2 Å². The van der Waals surface area contributed by atoms with Crippen LogP contribution in [-0.2, 0) is 19.2 Å². The number of hydrogen-bond acceptors (Lipinski definition) is 8. The van der Waals surface area contributed by atoms with E-state index in [1.54, 1.807) is 18.2 Å². The molecule has 0 rings (SSSR count). The molecule has 0 amide bonds. The van der Waals surface area contributed by atoms with Crippen molar-refractivity contribution in [3.8, 4) is 0 Å². The molecule has 0 aromatic heterocycles. The van der Waals surface area contributed by atoms with Gasteiger partial charge >= 0.3 is 0 Å². The van der Waals surface area contributed by atoms with E-state index in [-0.39, 0.29) is 5.41 Å². The van der Waals surface area contributed by atoms with E-state index >= 15 is 0 Å². The first-order valence-electron chi connectivity index (χ1n) is 12.1. The Hall–Kier alpha value is -2.48. The average Bonchev–Trinajstić information content (AvgIpc) is 2.78. The summed E-state index contributed by atoms with van der Waals surface area (Å²) in [6.07, 6.45) is 20.0. The monoisotopic (exact) mass is 462 g/mol. The Morgan fingerprint density at radius 1 is 0.576 bits per heavy atom. The second-order valence-electron chi connectivity index (χ2n) is 9.12. The van der Waals surface area contributed by atoms with Crippen LogP contribution in [-0.4, -0.2) is 50.5 Å². The zero-order chi connectivity index (χ0) is 25.0. The zero-order valence-corrected chi connectivity index (χ0v) is 20.8. The van der Waals surface area contributed by atoms with Crippen LogP contribution in [0.5, 0.6) is 0 Å². The summed E-state index contributed by atoms with van der Waals surface area (Å²) in [5, 5.41) is 0. The van der Waals surface area contributed by atoms with Gasteiger partial charge in [-0.15, -0.1) is 0 Å². The highest BCUT2D eigenvalue weighted by Gasteiger charge is 2.20. The Morgan fingerprint density at radius 2 is 0.939 bits per heavy atom. The standard InChI is InChI=1S/C14H24N2O2.C11H18N2O2/c17-13-15-11-9-7-5-3-1-2-4-6-8-10-12-16-14-18;1-10(4-5-12-8-14)6-11(2,3)7-13-9-15/h1-12H2;10H,4-7H2,1-3H3. The van der Waals surface area contributed by atoms with E-state index in [0.29, 0.717) is 32.1 Å². The van der Waals surface area contributed by atoms with E-state index in [2.05, 4.69) is 40.7 Å². The van der Waals surface area contributed by atoms with Crippen molar-refractivity contribution in [3.05, 3.63) is 0 Å². The van der Waals surface area contributed by atoms with Crippen LogP contribution in [0, 0.1) is 11.3 Å². The molecule has 0 fully saturated rings. The summed E-state index contributed by atoms with van der Waals surface area (Å²) in [6, 6.07) is 0. The lowest BCUT2D eigenvalue weighted by Crippen LogP contribution is -2.19. The van der Waals surface area contributed by atoms with E-state index in [1.807, 2.05) is 0 Å². The van der Waals surface area contributed by atoms with Crippen molar-refractivity contribution in [3.63, 3.8) is 0 Å². The van der Waals surface area contributed by atoms with E-state index in [0.717, 1.165) is 38.5 Å². The van der Waals surface area contributed by atoms with Crippen LogP contribution in [0.3, 0.4) is 0 Å². The quantitative estimate of drug-likeness (QED) is 0.132. The van der Waals surface area contributed by atoms with Gasteiger partial charge in [-0.05, 0) is 37.0 Å². The average molecular weight is 463 g/mol. The third kappa shape index (κ3) is 29.5. The van der Waals surface area contributed by atoms with E-state index in [1.165, 1.54) is 44.6 Å². The van der Waals surface area contributed by atoms with Gasteiger partial charge in [-0.2, -0.15) is 0 Å². The fraction of sp³-hybridized carbons (Fsp3) is 0.840. The van der Waals surface area contributed by atoms with Crippen molar-refractivity contribution in [1.29, 1.82) is 0 Å². The van der Waals surface area contributed by atoms with E-state index < -0.39 is 0 Å². The molecule has 0 N–H and O–H groups in total. The molecule has 0 radical (unpaired) electrons. The van der Waals surface area contributed by atoms with E-state index in [4.69, 9.17) is 0 Å². The highest BCUT2D eigenvalue weighted by Crippen LogP contribution is 2.27. The molecule has 0 aromatic rings. The van der Waals surface area contributed by atoms with Gasteiger partial charge in [0.1, 0.15) is 0 Å². The predicted molar refractivity (Wildman–Crippen MR) is 130 cm³/mol. The Balaban J connectivity index is 0. The van der Waals surface area contributed by atoms with Crippen LogP contribution >= 0.6 is 0 Å². The predicted octanol–water partition coefficient (Wildman–Crippen LogP) is 5.66. The second kappa shape index (κ2) is 25.8. The van der Waals surface area contributed by atoms with Crippen molar-refractivity contribution >= 4 is 24.3 Å². The maximum Gasteiger partial charge on any atom is 0.234 e. The second-order valence-corrected chi connectivity index (χ2v) is 9.12. The van der Waals surface area contributed by atoms with Gasteiger partial charge in [0, 0.05) is 0 Å². The third-order valence-electron chi connectivity index (χ3n) is 5.19. The minimum absolute atomic E-state index is 0.00171. The molecule has 0 saturated heterocycles. The van der Waals surface area contributed by atoms with Gasteiger partial charge in [-0.25, -0.2) is 39.1 Å². The summed E-state index contributed by atoms with van der Waals surface area (Å²) in [6.45, 7) is 8.52. The Kier molecular flexibility index (Phi) is 25.5. The maximum atomic E-state index is 10.00. The lowest BCUT2D eigenvalue weighted by atomic mass is 9.82. The summed E-state index contributed by atoms with van der Waals surface area (Å²) in [4.78, 5) is 53.6. The Morgan fingerprint density at radius 3 is 1.33 bits per heavy atom. The first-order chi connectivity index (χ1) is 15.9. The topological polar surface area (TPSA) is 118 Å². The summed E-state index contributed by atoms with van der Waals surface area (Å²) < 4.78 is 0. The van der Waals surface area contributed by atoms with Crippen LogP contribution in [0.1, 0.15) is 97.8 Å². The lowest BCUT2D eigenvalue weighted by Gasteiger charge is -2.25. The molecule has 0 aliphatic carbocycles. The molecule has 0 aliphatic rings. The fourth-order valence-corrected chi connectivity index (χ4v) is 3.57. The molecule has 0 aliphatic heterocycles. The molecular formula is C25H42N4O4. The molecule has 33 heavy (non-hydrogen) atoms. The van der Waals surface area contributed by atoms with Crippen molar-refractivity contribution in [2.75, 3.05) is 26.2 Å². The summed E-state index contributed by atoms with van der Waals surface area (Å²) >= 11 is 0. The molecule has 1 atom stereocenters. The van der Waals surface area contributed by atoms with Gasteiger partial charge in [-0.1, -0.05) is 72.1 Å². The molecule has 186 valence electrons. The third-order valence-corrected chi connectivity index (χ3v) is 5.19. The van der Waals surface area contributed by atoms with Gasteiger partial charge in [0.15, 0.2) is 0 Å². The molecule has 8 heteroatoms. The van der Waals surface area contributed by atoms with Crippen LogP contribution in [0.2, 0.25) is 0 Å². The molecule has 0 spiro atoms. The fourth-order valence-electron chi connectivity index (χ4n) is 3.57. The van der Waals surface area contributed by atoms with Crippen LogP contribution in [0.4, 0.5) is 0 Å². The van der Waals surface area contributed by atoms with E-state index in [9.17, 15) is 19.2 Å². The number of isocyanates is 4. The molecule has 0 saturated carbocycles. The molecule has 0 heterocycles.